The molecular weight excluding hydrogens is 326 g/mol. The molecule has 0 unspecified atom stereocenters. The third-order valence-electron chi connectivity index (χ3n) is 4.33. The molecule has 7 heteroatoms. The van der Waals surface area contributed by atoms with Crippen molar-refractivity contribution in [3.05, 3.63) is 47.8 Å². The van der Waals surface area contributed by atoms with E-state index in [1.54, 1.807) is 30.3 Å². The van der Waals surface area contributed by atoms with Gasteiger partial charge in [-0.05, 0) is 44.9 Å². The average molecular weight is 347 g/mol. The van der Waals surface area contributed by atoms with Crippen LogP contribution in [0.15, 0.2) is 41.3 Å². The molecule has 0 amide bonds. The summed E-state index contributed by atoms with van der Waals surface area (Å²) in [5.74, 6) is -0.166. The molecule has 6 nitrogen and oxygen atoms in total. The highest BCUT2D eigenvalue weighted by atomic mass is 32.2. The van der Waals surface area contributed by atoms with Crippen molar-refractivity contribution >= 4 is 15.9 Å². The van der Waals surface area contributed by atoms with Crippen LogP contribution in [-0.4, -0.2) is 41.0 Å². The zero-order chi connectivity index (χ0) is 17.3. The summed E-state index contributed by atoms with van der Waals surface area (Å²) in [5, 5.41) is 4.20. The zero-order valence-electron chi connectivity index (χ0n) is 13.8. The molecular formula is C17H21N3O3S. The Bertz CT molecular complexity index is 843. The number of hydrogen-bond acceptors (Lipinski definition) is 4. The third kappa shape index (κ3) is 3.14. The van der Waals surface area contributed by atoms with Crippen LogP contribution in [0.2, 0.25) is 0 Å². The van der Waals surface area contributed by atoms with Gasteiger partial charge in [-0.2, -0.15) is 9.40 Å². The standard InChI is InChI=1S/C17H21N3O3S/c1-13-11-14(2)20(18-13)17(21)12-15-7-6-10-19(15)24(22,23)16-8-4-3-5-9-16/h3-5,8-9,11,15H,6-7,10,12H2,1-2H3/t15-/m0/s1. The van der Waals surface area contributed by atoms with Crippen molar-refractivity contribution < 1.29 is 13.2 Å². The maximum atomic E-state index is 12.8. The minimum atomic E-state index is -3.57. The number of rotatable bonds is 4. The number of carbonyl (C=O) groups is 1. The number of benzene rings is 1. The van der Waals surface area contributed by atoms with Gasteiger partial charge in [-0.15, -0.1) is 0 Å². The SMILES string of the molecule is Cc1cc(C)n(C(=O)C[C@@H]2CCCN2S(=O)(=O)c2ccccc2)n1. The summed E-state index contributed by atoms with van der Waals surface area (Å²) < 4.78 is 28.5. The van der Waals surface area contributed by atoms with Crippen molar-refractivity contribution in [1.29, 1.82) is 0 Å². The Morgan fingerprint density at radius 3 is 2.58 bits per heavy atom. The van der Waals surface area contributed by atoms with Crippen molar-refractivity contribution in [3.63, 3.8) is 0 Å². The van der Waals surface area contributed by atoms with Crippen LogP contribution in [0.5, 0.6) is 0 Å². The van der Waals surface area contributed by atoms with E-state index in [0.29, 0.717) is 13.0 Å². The van der Waals surface area contributed by atoms with Crippen LogP contribution in [-0.2, 0) is 10.0 Å². The lowest BCUT2D eigenvalue weighted by Gasteiger charge is -2.23. The molecule has 0 N–H and O–H groups in total. The van der Waals surface area contributed by atoms with Crippen molar-refractivity contribution in [3.8, 4) is 0 Å². The molecule has 2 aromatic rings. The van der Waals surface area contributed by atoms with Crippen molar-refractivity contribution in [2.45, 2.75) is 44.0 Å². The molecule has 1 aromatic heterocycles. The van der Waals surface area contributed by atoms with Gasteiger partial charge < -0.3 is 0 Å². The molecule has 0 bridgehead atoms. The highest BCUT2D eigenvalue weighted by Gasteiger charge is 2.36. The number of hydrogen-bond donors (Lipinski definition) is 0. The fourth-order valence-corrected chi connectivity index (χ4v) is 4.94. The van der Waals surface area contributed by atoms with Crippen LogP contribution in [0.1, 0.15) is 35.4 Å². The summed E-state index contributed by atoms with van der Waals surface area (Å²) >= 11 is 0. The van der Waals surface area contributed by atoms with E-state index in [2.05, 4.69) is 5.10 Å². The van der Waals surface area contributed by atoms with E-state index < -0.39 is 10.0 Å². The quantitative estimate of drug-likeness (QED) is 0.851. The van der Waals surface area contributed by atoms with Gasteiger partial charge in [0.2, 0.25) is 15.9 Å². The highest BCUT2D eigenvalue weighted by Crippen LogP contribution is 2.28. The molecule has 1 saturated heterocycles. The molecule has 1 aliphatic rings. The first kappa shape index (κ1) is 16.9. The second kappa shape index (κ2) is 6.49. The number of sulfonamides is 1. The van der Waals surface area contributed by atoms with Gasteiger partial charge in [0, 0.05) is 24.7 Å². The Morgan fingerprint density at radius 1 is 1.25 bits per heavy atom. The Balaban J connectivity index is 1.81. The van der Waals surface area contributed by atoms with Crippen LogP contribution < -0.4 is 0 Å². The van der Waals surface area contributed by atoms with Crippen LogP contribution in [0.4, 0.5) is 0 Å². The minimum Gasteiger partial charge on any atom is -0.273 e. The van der Waals surface area contributed by atoms with E-state index in [4.69, 9.17) is 0 Å². The summed E-state index contributed by atoms with van der Waals surface area (Å²) in [4.78, 5) is 12.8. The molecule has 0 radical (unpaired) electrons. The third-order valence-corrected chi connectivity index (χ3v) is 6.30. The first-order chi connectivity index (χ1) is 11.4. The lowest BCUT2D eigenvalue weighted by Crippen LogP contribution is -2.37. The van der Waals surface area contributed by atoms with E-state index in [1.807, 2.05) is 19.9 Å². The number of aryl methyl sites for hydroxylation is 2. The fourth-order valence-electron chi connectivity index (χ4n) is 3.23. The lowest BCUT2D eigenvalue weighted by molar-refractivity contribution is 0.0861. The lowest BCUT2D eigenvalue weighted by atomic mass is 10.1. The Morgan fingerprint density at radius 2 is 1.96 bits per heavy atom. The molecule has 0 spiro atoms. The van der Waals surface area contributed by atoms with Crippen LogP contribution >= 0.6 is 0 Å². The second-order valence-corrected chi connectivity index (χ2v) is 8.05. The van der Waals surface area contributed by atoms with Crippen LogP contribution in [0, 0.1) is 13.8 Å². The monoisotopic (exact) mass is 347 g/mol. The predicted octanol–water partition coefficient (Wildman–Crippen LogP) is 2.38. The minimum absolute atomic E-state index is 0.147. The molecule has 0 saturated carbocycles. The zero-order valence-corrected chi connectivity index (χ0v) is 14.7. The second-order valence-electron chi connectivity index (χ2n) is 6.16. The molecule has 1 atom stereocenters. The maximum Gasteiger partial charge on any atom is 0.248 e. The number of nitrogens with zero attached hydrogens (tertiary/aromatic N) is 3. The molecule has 24 heavy (non-hydrogen) atoms. The van der Waals surface area contributed by atoms with Gasteiger partial charge in [0.05, 0.1) is 10.6 Å². The average Bonchev–Trinajstić information content (AvgIpc) is 3.14. The molecule has 1 fully saturated rings. The van der Waals surface area contributed by atoms with E-state index in [9.17, 15) is 13.2 Å². The molecule has 2 heterocycles. The van der Waals surface area contributed by atoms with Gasteiger partial charge in [0.15, 0.2) is 0 Å². The van der Waals surface area contributed by atoms with Gasteiger partial charge in [0.25, 0.3) is 0 Å². The normalized spacial score (nSPS) is 18.8. The van der Waals surface area contributed by atoms with Gasteiger partial charge in [-0.25, -0.2) is 13.1 Å². The largest absolute Gasteiger partial charge is 0.273 e. The topological polar surface area (TPSA) is 72.3 Å². The van der Waals surface area contributed by atoms with Gasteiger partial charge in [-0.3, -0.25) is 4.79 Å². The molecule has 3 rings (SSSR count). The van der Waals surface area contributed by atoms with Crippen molar-refractivity contribution in [2.75, 3.05) is 6.54 Å². The van der Waals surface area contributed by atoms with E-state index in [-0.39, 0.29) is 23.3 Å². The first-order valence-corrected chi connectivity index (χ1v) is 9.47. The predicted molar refractivity (Wildman–Crippen MR) is 90.3 cm³/mol. The summed E-state index contributed by atoms with van der Waals surface area (Å²) in [6, 6.07) is 9.91. The van der Waals surface area contributed by atoms with Crippen LogP contribution in [0.3, 0.4) is 0 Å². The number of aromatic nitrogens is 2. The Labute approximate surface area is 142 Å². The molecule has 1 aromatic carbocycles. The van der Waals surface area contributed by atoms with Gasteiger partial charge >= 0.3 is 0 Å². The first-order valence-electron chi connectivity index (χ1n) is 8.03. The fraction of sp³-hybridized carbons (Fsp3) is 0.412. The number of carbonyl (C=O) groups excluding carboxylic acids is 1. The van der Waals surface area contributed by atoms with Crippen LogP contribution in [0.25, 0.3) is 0 Å². The summed E-state index contributed by atoms with van der Waals surface area (Å²) in [7, 11) is -3.57. The smallest absolute Gasteiger partial charge is 0.248 e. The summed E-state index contributed by atoms with van der Waals surface area (Å²) in [6.07, 6.45) is 1.60. The van der Waals surface area contributed by atoms with E-state index in [1.165, 1.54) is 8.99 Å². The molecule has 1 aliphatic heterocycles. The van der Waals surface area contributed by atoms with E-state index >= 15 is 0 Å². The molecule has 128 valence electrons. The summed E-state index contributed by atoms with van der Waals surface area (Å²) in [5.41, 5.74) is 1.55. The Kier molecular flexibility index (Phi) is 4.56. The Hall–Kier alpha value is -1.99. The summed E-state index contributed by atoms with van der Waals surface area (Å²) in [6.45, 7) is 4.11. The van der Waals surface area contributed by atoms with Crippen molar-refractivity contribution in [1.82, 2.24) is 14.1 Å². The highest BCUT2D eigenvalue weighted by molar-refractivity contribution is 7.89. The van der Waals surface area contributed by atoms with Gasteiger partial charge in [-0.1, -0.05) is 18.2 Å². The van der Waals surface area contributed by atoms with Gasteiger partial charge in [0.1, 0.15) is 0 Å². The van der Waals surface area contributed by atoms with E-state index in [0.717, 1.165) is 17.8 Å². The van der Waals surface area contributed by atoms with Crippen molar-refractivity contribution in [2.24, 2.45) is 0 Å². The maximum absolute atomic E-state index is 12.8. The molecule has 0 aliphatic carbocycles.